The zero-order chi connectivity index (χ0) is 21.8. The summed E-state index contributed by atoms with van der Waals surface area (Å²) in [5.74, 6) is 0.732. The second-order valence-corrected chi connectivity index (χ2v) is 15.5. The first-order chi connectivity index (χ1) is 13.6. The fourth-order valence-corrected chi connectivity index (χ4v) is 10.8. The van der Waals surface area contributed by atoms with Crippen molar-refractivity contribution in [3.63, 3.8) is 0 Å². The molecule has 0 saturated heterocycles. The van der Waals surface area contributed by atoms with Crippen LogP contribution in [0.5, 0.6) is 0 Å². The van der Waals surface area contributed by atoms with Crippen molar-refractivity contribution in [2.45, 2.75) is 83.3 Å². The SMILES string of the molecule is COC(=O)[C@@H](c1ccc(Br)cc1)[C@H]1C=C(O[Si](C(C)C)(C(C)C)C(C)C)CCC1. The molecule has 2 atom stereocenters. The highest BCUT2D eigenvalue weighted by atomic mass is 79.9. The Labute approximate surface area is 186 Å². The summed E-state index contributed by atoms with van der Waals surface area (Å²) in [4.78, 5) is 12.7. The second kappa shape index (κ2) is 10.3. The van der Waals surface area contributed by atoms with E-state index in [0.717, 1.165) is 35.1 Å². The van der Waals surface area contributed by atoms with Crippen molar-refractivity contribution in [2.24, 2.45) is 5.92 Å². The molecule has 0 aliphatic heterocycles. The minimum Gasteiger partial charge on any atom is -0.546 e. The number of allylic oxidation sites excluding steroid dienone is 2. The summed E-state index contributed by atoms with van der Waals surface area (Å²) in [6.45, 7) is 13.9. The Bertz CT molecular complexity index is 688. The first-order valence-electron chi connectivity index (χ1n) is 10.9. The van der Waals surface area contributed by atoms with Gasteiger partial charge in [0.25, 0.3) is 8.32 Å². The van der Waals surface area contributed by atoms with Gasteiger partial charge in [-0.3, -0.25) is 4.79 Å². The van der Waals surface area contributed by atoms with Crippen molar-refractivity contribution >= 4 is 30.2 Å². The predicted molar refractivity (Wildman–Crippen MR) is 126 cm³/mol. The van der Waals surface area contributed by atoms with Crippen LogP contribution in [0.4, 0.5) is 0 Å². The largest absolute Gasteiger partial charge is 0.546 e. The Kier molecular flexibility index (Phi) is 8.59. The number of rotatable bonds is 8. The van der Waals surface area contributed by atoms with Gasteiger partial charge in [-0.2, -0.15) is 0 Å². The fourth-order valence-electron chi connectivity index (χ4n) is 5.20. The molecule has 0 heterocycles. The van der Waals surface area contributed by atoms with Crippen molar-refractivity contribution in [3.05, 3.63) is 46.1 Å². The normalized spacial score (nSPS) is 18.7. The molecule has 0 N–H and O–H groups in total. The zero-order valence-electron chi connectivity index (χ0n) is 19.0. The number of esters is 1. The van der Waals surface area contributed by atoms with Crippen LogP contribution in [-0.4, -0.2) is 21.4 Å². The van der Waals surface area contributed by atoms with E-state index in [1.54, 1.807) is 0 Å². The third-order valence-electron chi connectivity index (χ3n) is 6.49. The van der Waals surface area contributed by atoms with Gasteiger partial charge < -0.3 is 9.16 Å². The van der Waals surface area contributed by atoms with Crippen LogP contribution in [0.3, 0.4) is 0 Å². The van der Waals surface area contributed by atoms with Crippen molar-refractivity contribution in [2.75, 3.05) is 7.11 Å². The molecule has 1 aliphatic rings. The van der Waals surface area contributed by atoms with Gasteiger partial charge in [-0.05, 0) is 59.2 Å². The van der Waals surface area contributed by atoms with Gasteiger partial charge in [-0.15, -0.1) is 0 Å². The summed E-state index contributed by atoms with van der Waals surface area (Å²) in [6, 6.07) is 8.01. The Morgan fingerprint density at radius 1 is 1.03 bits per heavy atom. The molecule has 1 aromatic rings. The number of ether oxygens (including phenoxy) is 1. The molecule has 2 rings (SSSR count). The molecule has 0 saturated carbocycles. The maximum Gasteiger partial charge on any atom is 0.313 e. The molecule has 0 unspecified atom stereocenters. The molecule has 0 spiro atoms. The third kappa shape index (κ3) is 5.35. The standard InChI is InChI=1S/C24H37BrO3Si/c1-16(2)29(17(3)4,18(5)6)28-22-10-8-9-20(15-22)23(24(26)27-7)19-11-13-21(25)14-12-19/h11-18,20,23H,8-10H2,1-7H3/t20-,23+/m1/s1. The molecule has 3 nitrogen and oxygen atoms in total. The Morgan fingerprint density at radius 2 is 1.59 bits per heavy atom. The van der Waals surface area contributed by atoms with E-state index in [1.165, 1.54) is 7.11 Å². The molecule has 1 aromatic carbocycles. The third-order valence-corrected chi connectivity index (χ3v) is 13.0. The fraction of sp³-hybridized carbons (Fsp3) is 0.625. The quantitative estimate of drug-likeness (QED) is 0.284. The van der Waals surface area contributed by atoms with Gasteiger partial charge in [0.15, 0.2) is 0 Å². The van der Waals surface area contributed by atoms with E-state index in [9.17, 15) is 4.79 Å². The van der Waals surface area contributed by atoms with Crippen LogP contribution >= 0.6 is 15.9 Å². The minimum absolute atomic E-state index is 0.102. The maximum absolute atomic E-state index is 12.7. The van der Waals surface area contributed by atoms with E-state index in [2.05, 4.69) is 63.5 Å². The lowest BCUT2D eigenvalue weighted by Gasteiger charge is -2.44. The smallest absolute Gasteiger partial charge is 0.313 e. The van der Waals surface area contributed by atoms with Crippen LogP contribution in [0, 0.1) is 5.92 Å². The highest BCUT2D eigenvalue weighted by Gasteiger charge is 2.47. The molecule has 162 valence electrons. The lowest BCUT2D eigenvalue weighted by atomic mass is 9.80. The average Bonchev–Trinajstić information content (AvgIpc) is 2.67. The highest BCUT2D eigenvalue weighted by molar-refractivity contribution is 9.10. The maximum atomic E-state index is 12.7. The number of carbonyl (C=O) groups excluding carboxylic acids is 1. The number of carbonyl (C=O) groups is 1. The molecule has 29 heavy (non-hydrogen) atoms. The molecule has 0 amide bonds. The van der Waals surface area contributed by atoms with E-state index in [1.807, 2.05) is 24.3 Å². The van der Waals surface area contributed by atoms with E-state index >= 15 is 0 Å². The lowest BCUT2D eigenvalue weighted by molar-refractivity contribution is -0.143. The van der Waals surface area contributed by atoms with Crippen molar-refractivity contribution in [1.29, 1.82) is 0 Å². The average molecular weight is 482 g/mol. The van der Waals surface area contributed by atoms with Gasteiger partial charge in [0.05, 0.1) is 18.8 Å². The Morgan fingerprint density at radius 3 is 2.07 bits per heavy atom. The van der Waals surface area contributed by atoms with E-state index in [4.69, 9.17) is 9.16 Å². The predicted octanol–water partition coefficient (Wildman–Crippen LogP) is 7.58. The Hall–Kier alpha value is -1.07. The van der Waals surface area contributed by atoms with Crippen LogP contribution in [0.15, 0.2) is 40.6 Å². The van der Waals surface area contributed by atoms with Crippen LogP contribution in [0.2, 0.25) is 16.6 Å². The summed E-state index contributed by atoms with van der Waals surface area (Å²) < 4.78 is 13.2. The first kappa shape index (κ1) is 24.2. The van der Waals surface area contributed by atoms with E-state index in [0.29, 0.717) is 16.6 Å². The molecular formula is C24H37BrO3Si. The van der Waals surface area contributed by atoms with E-state index in [-0.39, 0.29) is 17.8 Å². The summed E-state index contributed by atoms with van der Waals surface area (Å²) in [6.07, 6.45) is 5.22. The van der Waals surface area contributed by atoms with Crippen LogP contribution in [-0.2, 0) is 14.0 Å². The zero-order valence-corrected chi connectivity index (χ0v) is 21.6. The first-order valence-corrected chi connectivity index (χ1v) is 13.8. The van der Waals surface area contributed by atoms with Gasteiger partial charge in [-0.1, -0.05) is 69.6 Å². The summed E-state index contributed by atoms with van der Waals surface area (Å²) in [7, 11) is -0.514. The number of hydrogen-bond acceptors (Lipinski definition) is 3. The van der Waals surface area contributed by atoms with Gasteiger partial charge >= 0.3 is 5.97 Å². The van der Waals surface area contributed by atoms with Gasteiger partial charge in [0.1, 0.15) is 0 Å². The number of hydrogen-bond donors (Lipinski definition) is 0. The Balaban J connectivity index is 2.39. The van der Waals surface area contributed by atoms with Crippen molar-refractivity contribution < 1.29 is 14.0 Å². The summed E-state index contributed by atoms with van der Waals surface area (Å²) in [5, 5.41) is 0. The number of halogens is 1. The second-order valence-electron chi connectivity index (χ2n) is 9.16. The van der Waals surface area contributed by atoms with Gasteiger partial charge in [0.2, 0.25) is 0 Å². The van der Waals surface area contributed by atoms with Crippen molar-refractivity contribution in [1.82, 2.24) is 0 Å². The van der Waals surface area contributed by atoms with Crippen LogP contribution < -0.4 is 0 Å². The topological polar surface area (TPSA) is 35.5 Å². The molecule has 0 radical (unpaired) electrons. The monoisotopic (exact) mass is 480 g/mol. The summed E-state index contributed by atoms with van der Waals surface area (Å²) in [5.41, 5.74) is 2.60. The van der Waals surface area contributed by atoms with Gasteiger partial charge in [0, 0.05) is 10.9 Å². The molecule has 1 aliphatic carbocycles. The lowest BCUT2D eigenvalue weighted by Crippen LogP contribution is -2.47. The van der Waals surface area contributed by atoms with Crippen LogP contribution in [0.1, 0.15) is 72.3 Å². The van der Waals surface area contributed by atoms with Gasteiger partial charge in [-0.25, -0.2) is 0 Å². The van der Waals surface area contributed by atoms with Crippen LogP contribution in [0.25, 0.3) is 0 Å². The van der Waals surface area contributed by atoms with Crippen molar-refractivity contribution in [3.8, 4) is 0 Å². The molecule has 0 aromatic heterocycles. The molecule has 0 bridgehead atoms. The number of benzene rings is 1. The summed E-state index contributed by atoms with van der Waals surface area (Å²) >= 11 is 3.48. The van der Waals surface area contributed by atoms with E-state index < -0.39 is 8.32 Å². The minimum atomic E-state index is -1.99. The molecule has 0 fully saturated rings. The number of methoxy groups -OCH3 is 1. The molecule has 5 heteroatoms. The highest BCUT2D eigenvalue weighted by Crippen LogP contribution is 2.45. The molecular weight excluding hydrogens is 444 g/mol.